The second kappa shape index (κ2) is 68.0. The van der Waals surface area contributed by atoms with Crippen LogP contribution in [0.5, 0.6) is 0 Å². The molecule has 0 aromatic carbocycles. The van der Waals surface area contributed by atoms with Gasteiger partial charge in [0.05, 0.1) is 0 Å². The first-order valence-electron chi connectivity index (χ1n) is 32.8. The number of unbranched alkanes of at least 4 members (excludes halogenated alkanes) is 16. The van der Waals surface area contributed by atoms with E-state index in [1.54, 1.807) is 0 Å². The summed E-state index contributed by atoms with van der Waals surface area (Å²) in [7, 11) is 0. The minimum absolute atomic E-state index is 0.117. The molecule has 0 saturated heterocycles. The average molecular weight is 1130 g/mol. The molecule has 0 radical (unpaired) electrons. The summed E-state index contributed by atoms with van der Waals surface area (Å²) in [6.45, 7) is 6.33. The van der Waals surface area contributed by atoms with Crippen molar-refractivity contribution in [1.82, 2.24) is 0 Å². The molecule has 458 valence electrons. The van der Waals surface area contributed by atoms with Crippen molar-refractivity contribution < 1.29 is 28.6 Å². The highest BCUT2D eigenvalue weighted by Gasteiger charge is 2.19. The van der Waals surface area contributed by atoms with Gasteiger partial charge in [-0.3, -0.25) is 14.4 Å². The smallest absolute Gasteiger partial charge is 0.306 e. The summed E-state index contributed by atoms with van der Waals surface area (Å²) in [5.74, 6) is -1.00. The summed E-state index contributed by atoms with van der Waals surface area (Å²) in [6.07, 6.45) is 102. The third kappa shape index (κ3) is 65.3. The predicted octanol–water partition coefficient (Wildman–Crippen LogP) is 22.8. The largest absolute Gasteiger partial charge is 0.462 e. The number of carbonyl (C=O) groups excluding carboxylic acids is 3. The number of ether oxygens (including phenoxy) is 3. The van der Waals surface area contributed by atoms with Gasteiger partial charge in [0, 0.05) is 19.3 Å². The van der Waals surface area contributed by atoms with Crippen LogP contribution in [-0.2, 0) is 28.6 Å². The Morgan fingerprint density at radius 1 is 0.256 bits per heavy atom. The Balaban J connectivity index is 4.51. The zero-order valence-electron chi connectivity index (χ0n) is 52.4. The van der Waals surface area contributed by atoms with E-state index < -0.39 is 6.10 Å². The standard InChI is InChI=1S/C76H118O6/c1-4-7-10-13-16-19-22-25-28-30-32-34-35-36-37-38-39-40-41-43-44-46-48-51-54-57-60-63-66-69-75(78)81-72-73(71-80-74(77)68-65-62-59-56-53-50-27-24-21-18-15-12-9-6-3)82-76(79)70-67-64-61-58-55-52-49-47-45-42-33-31-29-26-23-20-17-14-11-8-5-2/h7-8,10-11,16-17,19-20,24-29,32-34,36-37,39-40,42-44,47-49,51,55,58,73H,4-6,9,12-15,18,21-23,30-31,35,38,41,45-46,50,52-54,56-57,59-72H2,1-3H3/b10-7-,11-8-,19-16-,20-17-,27-24-,28-25-,29-26-,34-32-,37-36-,40-39-,42-33-,44-43-,49-47-,51-48-,58-55-. The maximum Gasteiger partial charge on any atom is 0.306 e. The number of hydrogen-bond donors (Lipinski definition) is 0. The van der Waals surface area contributed by atoms with Gasteiger partial charge in [-0.05, 0) is 161 Å². The van der Waals surface area contributed by atoms with E-state index in [9.17, 15) is 14.4 Å². The molecule has 0 spiro atoms. The Morgan fingerprint density at radius 2 is 0.476 bits per heavy atom. The van der Waals surface area contributed by atoms with Crippen LogP contribution in [0.2, 0.25) is 0 Å². The van der Waals surface area contributed by atoms with Crippen LogP contribution >= 0.6 is 0 Å². The normalized spacial score (nSPS) is 13.4. The molecule has 1 atom stereocenters. The predicted molar refractivity (Wildman–Crippen MR) is 357 cm³/mol. The highest BCUT2D eigenvalue weighted by molar-refractivity contribution is 5.71. The lowest BCUT2D eigenvalue weighted by atomic mass is 10.1. The first-order valence-corrected chi connectivity index (χ1v) is 32.8. The average Bonchev–Trinajstić information content (AvgIpc) is 3.47. The van der Waals surface area contributed by atoms with E-state index in [0.717, 1.165) is 167 Å². The van der Waals surface area contributed by atoms with Gasteiger partial charge in [-0.1, -0.05) is 261 Å². The molecule has 0 N–H and O–H groups in total. The fraction of sp³-hybridized carbons (Fsp3) is 0.566. The SMILES string of the molecule is CC/C=C\C/C=C\C/C=C\C/C=C\C/C=C\C/C=C\C/C=C\C/C=C\CCCCCCC(=O)OCC(COC(=O)CCCCCCC/C=C\CCCCCCC)OC(=O)CCCC/C=C\C/C=C\C/C=C\C/C=C\C/C=C\C/C=C\CC. The van der Waals surface area contributed by atoms with Gasteiger partial charge in [0.2, 0.25) is 0 Å². The Labute approximate surface area is 504 Å². The van der Waals surface area contributed by atoms with E-state index in [0.29, 0.717) is 19.3 Å². The van der Waals surface area contributed by atoms with Gasteiger partial charge in [-0.25, -0.2) is 0 Å². The van der Waals surface area contributed by atoms with Crippen molar-refractivity contribution in [1.29, 1.82) is 0 Å². The Hall–Kier alpha value is -5.49. The van der Waals surface area contributed by atoms with Crippen LogP contribution in [-0.4, -0.2) is 37.2 Å². The fourth-order valence-corrected chi connectivity index (χ4v) is 8.28. The van der Waals surface area contributed by atoms with Crippen molar-refractivity contribution in [3.63, 3.8) is 0 Å². The molecule has 0 aromatic heterocycles. The van der Waals surface area contributed by atoms with Crippen LogP contribution in [0.15, 0.2) is 182 Å². The van der Waals surface area contributed by atoms with Crippen molar-refractivity contribution in [3.05, 3.63) is 182 Å². The van der Waals surface area contributed by atoms with Gasteiger partial charge in [-0.2, -0.15) is 0 Å². The molecule has 0 heterocycles. The molecule has 0 amide bonds. The maximum absolute atomic E-state index is 12.9. The summed E-state index contributed by atoms with van der Waals surface area (Å²) in [5.41, 5.74) is 0. The van der Waals surface area contributed by atoms with Crippen LogP contribution in [0.1, 0.15) is 258 Å². The van der Waals surface area contributed by atoms with Crippen molar-refractivity contribution >= 4 is 17.9 Å². The second-order valence-electron chi connectivity index (χ2n) is 20.9. The second-order valence-corrected chi connectivity index (χ2v) is 20.9. The molecule has 82 heavy (non-hydrogen) atoms. The summed E-state index contributed by atoms with van der Waals surface area (Å²) in [4.78, 5) is 38.3. The maximum atomic E-state index is 12.9. The van der Waals surface area contributed by atoms with Crippen LogP contribution < -0.4 is 0 Å². The van der Waals surface area contributed by atoms with Gasteiger partial charge < -0.3 is 14.2 Å². The molecule has 0 aromatic rings. The van der Waals surface area contributed by atoms with Crippen LogP contribution in [0.3, 0.4) is 0 Å². The topological polar surface area (TPSA) is 78.9 Å². The molecule has 0 aliphatic heterocycles. The highest BCUT2D eigenvalue weighted by Crippen LogP contribution is 2.13. The lowest BCUT2D eigenvalue weighted by Crippen LogP contribution is -2.30. The van der Waals surface area contributed by atoms with Crippen molar-refractivity contribution in [3.8, 4) is 0 Å². The number of carbonyl (C=O) groups is 3. The minimum Gasteiger partial charge on any atom is -0.462 e. The fourth-order valence-electron chi connectivity index (χ4n) is 8.28. The quantitative estimate of drug-likeness (QED) is 0.0261. The molecule has 6 heteroatoms. The summed E-state index contributed by atoms with van der Waals surface area (Å²) in [5, 5.41) is 0. The lowest BCUT2D eigenvalue weighted by molar-refractivity contribution is -0.167. The van der Waals surface area contributed by atoms with Gasteiger partial charge >= 0.3 is 17.9 Å². The Morgan fingerprint density at radius 3 is 0.780 bits per heavy atom. The van der Waals surface area contributed by atoms with E-state index in [2.05, 4.69) is 203 Å². The molecule has 0 bridgehead atoms. The number of esters is 3. The molecule has 0 aliphatic rings. The monoisotopic (exact) mass is 1130 g/mol. The molecule has 6 nitrogen and oxygen atoms in total. The van der Waals surface area contributed by atoms with E-state index >= 15 is 0 Å². The van der Waals surface area contributed by atoms with Gasteiger partial charge in [0.25, 0.3) is 0 Å². The van der Waals surface area contributed by atoms with Gasteiger partial charge in [0.15, 0.2) is 6.10 Å². The van der Waals surface area contributed by atoms with Gasteiger partial charge in [0.1, 0.15) is 13.2 Å². The first kappa shape index (κ1) is 76.5. The molecule has 1 unspecified atom stereocenters. The molecule has 0 fully saturated rings. The first-order chi connectivity index (χ1) is 40.5. The van der Waals surface area contributed by atoms with E-state index in [1.807, 2.05) is 0 Å². The van der Waals surface area contributed by atoms with Crippen LogP contribution in [0, 0.1) is 0 Å². The number of hydrogen-bond acceptors (Lipinski definition) is 6. The van der Waals surface area contributed by atoms with E-state index in [1.165, 1.54) is 44.9 Å². The third-order valence-corrected chi connectivity index (χ3v) is 13.1. The Kier molecular flexibility index (Phi) is 63.5. The zero-order valence-corrected chi connectivity index (χ0v) is 52.4. The van der Waals surface area contributed by atoms with Crippen LogP contribution in [0.4, 0.5) is 0 Å². The van der Waals surface area contributed by atoms with Gasteiger partial charge in [-0.15, -0.1) is 0 Å². The highest BCUT2D eigenvalue weighted by atomic mass is 16.6. The Bertz CT molecular complexity index is 1920. The molecular weight excluding hydrogens is 1010 g/mol. The van der Waals surface area contributed by atoms with Crippen molar-refractivity contribution in [2.45, 2.75) is 264 Å². The van der Waals surface area contributed by atoms with Crippen molar-refractivity contribution in [2.24, 2.45) is 0 Å². The van der Waals surface area contributed by atoms with Crippen molar-refractivity contribution in [2.75, 3.05) is 13.2 Å². The summed E-state index contributed by atoms with van der Waals surface area (Å²) in [6, 6.07) is 0. The van der Waals surface area contributed by atoms with Crippen LogP contribution in [0.25, 0.3) is 0 Å². The number of rotatable bonds is 57. The molecular formula is C76H118O6. The zero-order chi connectivity index (χ0) is 59.2. The minimum atomic E-state index is -0.827. The summed E-state index contributed by atoms with van der Waals surface area (Å²) >= 11 is 0. The van der Waals surface area contributed by atoms with E-state index in [-0.39, 0.29) is 37.5 Å². The summed E-state index contributed by atoms with van der Waals surface area (Å²) < 4.78 is 16.9. The molecule has 0 rings (SSSR count). The molecule has 0 saturated carbocycles. The van der Waals surface area contributed by atoms with E-state index in [4.69, 9.17) is 14.2 Å². The number of allylic oxidation sites excluding steroid dienone is 30. The third-order valence-electron chi connectivity index (χ3n) is 13.1. The molecule has 0 aliphatic carbocycles. The lowest BCUT2D eigenvalue weighted by Gasteiger charge is -2.18.